The van der Waals surface area contributed by atoms with Crippen molar-refractivity contribution in [3.8, 4) is 11.6 Å². The maximum Gasteiger partial charge on any atom is 0.228 e. The van der Waals surface area contributed by atoms with Gasteiger partial charge in [0.25, 0.3) is 0 Å². The van der Waals surface area contributed by atoms with Gasteiger partial charge in [0.05, 0.1) is 11.0 Å². The summed E-state index contributed by atoms with van der Waals surface area (Å²) in [5.41, 5.74) is 3.36. The van der Waals surface area contributed by atoms with Gasteiger partial charge in [0.2, 0.25) is 5.78 Å². The van der Waals surface area contributed by atoms with Crippen molar-refractivity contribution >= 4 is 16.8 Å². The Bertz CT molecular complexity index is 1040. The normalized spacial score (nSPS) is 11.1. The molecule has 0 aliphatic carbocycles. The molecule has 2 aromatic heterocycles. The van der Waals surface area contributed by atoms with Crippen LogP contribution in [0.4, 0.5) is 0 Å². The molecule has 0 spiro atoms. The molecule has 0 saturated carbocycles. The van der Waals surface area contributed by atoms with Crippen LogP contribution in [-0.4, -0.2) is 15.3 Å². The number of furan rings is 1. The van der Waals surface area contributed by atoms with Gasteiger partial charge < -0.3 is 8.98 Å². The highest BCUT2D eigenvalue weighted by Gasteiger charge is 2.20. The molecule has 0 unspecified atom stereocenters. The van der Waals surface area contributed by atoms with E-state index in [1.807, 2.05) is 67.1 Å². The van der Waals surface area contributed by atoms with Gasteiger partial charge in [0.1, 0.15) is 0 Å². The highest BCUT2D eigenvalue weighted by Crippen LogP contribution is 2.28. The van der Waals surface area contributed by atoms with Crippen LogP contribution >= 0.6 is 0 Å². The van der Waals surface area contributed by atoms with Crippen molar-refractivity contribution in [3.63, 3.8) is 0 Å². The first-order valence-corrected chi connectivity index (χ1v) is 7.77. The van der Waals surface area contributed by atoms with Crippen molar-refractivity contribution in [3.05, 3.63) is 77.6 Å². The van der Waals surface area contributed by atoms with Crippen LogP contribution in [0.2, 0.25) is 0 Å². The zero-order chi connectivity index (χ0) is 16.7. The average molecular weight is 316 g/mol. The first-order chi connectivity index (χ1) is 11.6. The van der Waals surface area contributed by atoms with Gasteiger partial charge in [-0.05, 0) is 30.7 Å². The average Bonchev–Trinajstić information content (AvgIpc) is 3.16. The van der Waals surface area contributed by atoms with Crippen molar-refractivity contribution in [2.24, 2.45) is 7.05 Å². The van der Waals surface area contributed by atoms with E-state index in [1.54, 1.807) is 12.1 Å². The quantitative estimate of drug-likeness (QED) is 0.527. The molecule has 0 amide bonds. The van der Waals surface area contributed by atoms with Gasteiger partial charge in [-0.3, -0.25) is 4.79 Å². The molecule has 0 atom stereocenters. The molecule has 4 nitrogen and oxygen atoms in total. The SMILES string of the molecule is Cc1cc(-c2nc3ccccc3n2C)oc1C(=O)c1ccccc1. The number of nitrogens with zero attached hydrogens (tertiary/aromatic N) is 2. The lowest BCUT2D eigenvalue weighted by Gasteiger charge is -2.00. The fourth-order valence-corrected chi connectivity index (χ4v) is 2.90. The standard InChI is InChI=1S/C20H16N2O2/c1-13-12-17(20-21-15-10-6-7-11-16(15)22(20)2)24-19(13)18(23)14-8-4-3-5-9-14/h3-12H,1-2H3. The van der Waals surface area contributed by atoms with Crippen molar-refractivity contribution < 1.29 is 9.21 Å². The van der Waals surface area contributed by atoms with Crippen LogP contribution in [-0.2, 0) is 7.05 Å². The molecule has 0 aliphatic heterocycles. The van der Waals surface area contributed by atoms with E-state index in [-0.39, 0.29) is 5.78 Å². The third-order valence-electron chi connectivity index (χ3n) is 4.17. The Labute approximate surface area is 139 Å². The maximum atomic E-state index is 12.6. The summed E-state index contributed by atoms with van der Waals surface area (Å²) in [7, 11) is 1.95. The van der Waals surface area contributed by atoms with Gasteiger partial charge in [0.15, 0.2) is 17.3 Å². The van der Waals surface area contributed by atoms with Crippen LogP contribution < -0.4 is 0 Å². The summed E-state index contributed by atoms with van der Waals surface area (Å²) in [6.07, 6.45) is 0. The van der Waals surface area contributed by atoms with Crippen LogP contribution in [0.1, 0.15) is 21.7 Å². The molecule has 4 rings (SSSR count). The fourth-order valence-electron chi connectivity index (χ4n) is 2.90. The maximum absolute atomic E-state index is 12.6. The van der Waals surface area contributed by atoms with Crippen LogP contribution in [0.3, 0.4) is 0 Å². The van der Waals surface area contributed by atoms with Crippen molar-refractivity contribution in [1.29, 1.82) is 0 Å². The van der Waals surface area contributed by atoms with Gasteiger partial charge in [-0.2, -0.15) is 0 Å². The van der Waals surface area contributed by atoms with E-state index in [9.17, 15) is 4.79 Å². The molecule has 2 aromatic carbocycles. The number of hydrogen-bond acceptors (Lipinski definition) is 3. The van der Waals surface area contributed by atoms with Crippen molar-refractivity contribution in [1.82, 2.24) is 9.55 Å². The molecule has 0 fully saturated rings. The Hall–Kier alpha value is -3.14. The molecule has 0 saturated heterocycles. The van der Waals surface area contributed by atoms with E-state index < -0.39 is 0 Å². The summed E-state index contributed by atoms with van der Waals surface area (Å²) in [6, 6.07) is 18.9. The monoisotopic (exact) mass is 316 g/mol. The topological polar surface area (TPSA) is 48.0 Å². The number of imidazole rings is 1. The molecule has 0 N–H and O–H groups in total. The highest BCUT2D eigenvalue weighted by molar-refractivity contribution is 6.08. The van der Waals surface area contributed by atoms with Crippen LogP contribution in [0.15, 0.2) is 65.1 Å². The molecule has 24 heavy (non-hydrogen) atoms. The summed E-state index contributed by atoms with van der Waals surface area (Å²) in [4.78, 5) is 17.3. The Morgan fingerprint density at radius 2 is 1.75 bits per heavy atom. The fraction of sp³-hybridized carbons (Fsp3) is 0.100. The van der Waals surface area contributed by atoms with E-state index in [0.717, 1.165) is 16.6 Å². The minimum absolute atomic E-state index is 0.113. The number of aryl methyl sites for hydroxylation is 2. The van der Waals surface area contributed by atoms with Gasteiger partial charge in [0, 0.05) is 12.6 Å². The van der Waals surface area contributed by atoms with E-state index in [0.29, 0.717) is 22.9 Å². The third-order valence-corrected chi connectivity index (χ3v) is 4.17. The third kappa shape index (κ3) is 2.24. The molecule has 4 aromatic rings. The molecule has 0 bridgehead atoms. The van der Waals surface area contributed by atoms with Gasteiger partial charge in [-0.15, -0.1) is 0 Å². The number of aromatic nitrogens is 2. The van der Waals surface area contributed by atoms with E-state index in [2.05, 4.69) is 4.98 Å². The lowest BCUT2D eigenvalue weighted by atomic mass is 10.1. The number of carbonyl (C=O) groups is 1. The minimum atomic E-state index is -0.113. The number of ketones is 1. The zero-order valence-corrected chi connectivity index (χ0v) is 13.5. The predicted molar refractivity (Wildman–Crippen MR) is 93.0 cm³/mol. The summed E-state index contributed by atoms with van der Waals surface area (Å²) in [5, 5.41) is 0. The molecule has 4 heteroatoms. The predicted octanol–water partition coefficient (Wildman–Crippen LogP) is 4.37. The summed E-state index contributed by atoms with van der Waals surface area (Å²) in [6.45, 7) is 1.88. The number of benzene rings is 2. The number of fused-ring (bicyclic) bond motifs is 1. The largest absolute Gasteiger partial charge is 0.449 e. The second-order valence-electron chi connectivity index (χ2n) is 5.80. The van der Waals surface area contributed by atoms with Gasteiger partial charge in [-0.1, -0.05) is 42.5 Å². The lowest BCUT2D eigenvalue weighted by Crippen LogP contribution is -2.00. The number of rotatable bonds is 3. The molecule has 118 valence electrons. The number of para-hydroxylation sites is 2. The molecule has 0 aliphatic rings. The Morgan fingerprint density at radius 3 is 2.50 bits per heavy atom. The molecule has 2 heterocycles. The van der Waals surface area contributed by atoms with E-state index in [4.69, 9.17) is 4.42 Å². The van der Waals surface area contributed by atoms with E-state index in [1.165, 1.54) is 0 Å². The smallest absolute Gasteiger partial charge is 0.228 e. The summed E-state index contributed by atoms with van der Waals surface area (Å²) >= 11 is 0. The minimum Gasteiger partial charge on any atom is -0.449 e. The van der Waals surface area contributed by atoms with Gasteiger partial charge in [-0.25, -0.2) is 4.98 Å². The summed E-state index contributed by atoms with van der Waals surface area (Å²) < 4.78 is 7.87. The Balaban J connectivity index is 1.81. The second-order valence-corrected chi connectivity index (χ2v) is 5.80. The molecular formula is C20H16N2O2. The van der Waals surface area contributed by atoms with Crippen molar-refractivity contribution in [2.75, 3.05) is 0 Å². The molecular weight excluding hydrogens is 300 g/mol. The van der Waals surface area contributed by atoms with Crippen LogP contribution in [0.5, 0.6) is 0 Å². The second kappa shape index (κ2) is 5.49. The molecule has 0 radical (unpaired) electrons. The Kier molecular flexibility index (Phi) is 3.31. The van der Waals surface area contributed by atoms with E-state index >= 15 is 0 Å². The first kappa shape index (κ1) is 14.5. The van der Waals surface area contributed by atoms with Crippen LogP contribution in [0, 0.1) is 6.92 Å². The van der Waals surface area contributed by atoms with Crippen molar-refractivity contribution in [2.45, 2.75) is 6.92 Å². The Morgan fingerprint density at radius 1 is 1.04 bits per heavy atom. The first-order valence-electron chi connectivity index (χ1n) is 7.77. The number of hydrogen-bond donors (Lipinski definition) is 0. The summed E-state index contributed by atoms with van der Waals surface area (Å²) in [5.74, 6) is 1.57. The number of carbonyl (C=O) groups excluding carboxylic acids is 1. The van der Waals surface area contributed by atoms with Crippen LogP contribution in [0.25, 0.3) is 22.6 Å². The zero-order valence-electron chi connectivity index (χ0n) is 13.5. The lowest BCUT2D eigenvalue weighted by molar-refractivity contribution is 0.101. The van der Waals surface area contributed by atoms with Gasteiger partial charge >= 0.3 is 0 Å². The highest BCUT2D eigenvalue weighted by atomic mass is 16.3.